The first-order valence-electron chi connectivity index (χ1n) is 6.22. The van der Waals surface area contributed by atoms with Crippen LogP contribution in [0, 0.1) is 0 Å². The van der Waals surface area contributed by atoms with Gasteiger partial charge in [0.15, 0.2) is 0 Å². The van der Waals surface area contributed by atoms with Crippen LogP contribution in [0.5, 0.6) is 0 Å². The van der Waals surface area contributed by atoms with Crippen LogP contribution in [0.4, 0.5) is 0 Å². The van der Waals surface area contributed by atoms with Gasteiger partial charge in [-0.25, -0.2) is 0 Å². The Bertz CT molecular complexity index is 573. The Balaban J connectivity index is 2.05. The van der Waals surface area contributed by atoms with E-state index in [1.807, 2.05) is 29.9 Å². The van der Waals surface area contributed by atoms with Crippen molar-refractivity contribution in [2.45, 2.75) is 26.4 Å². The summed E-state index contributed by atoms with van der Waals surface area (Å²) in [6, 6.07) is 3.73. The lowest BCUT2D eigenvalue weighted by atomic mass is 10.3. The van der Waals surface area contributed by atoms with Crippen molar-refractivity contribution in [1.82, 2.24) is 19.7 Å². The van der Waals surface area contributed by atoms with Crippen LogP contribution in [-0.2, 0) is 20.1 Å². The fourth-order valence-electron chi connectivity index (χ4n) is 1.93. The Morgan fingerprint density at radius 2 is 2.32 bits per heavy atom. The summed E-state index contributed by atoms with van der Waals surface area (Å²) in [6.45, 7) is 3.40. The summed E-state index contributed by atoms with van der Waals surface area (Å²) in [5, 5.41) is 6.98. The van der Waals surface area contributed by atoms with E-state index in [-0.39, 0.29) is 5.91 Å². The molecule has 19 heavy (non-hydrogen) atoms. The summed E-state index contributed by atoms with van der Waals surface area (Å²) in [5.41, 5.74) is 1.65. The fraction of sp³-hybridized carbons (Fsp3) is 0.385. The van der Waals surface area contributed by atoms with Crippen LogP contribution >= 0.6 is 15.9 Å². The number of aromatic nitrogens is 3. The Hall–Kier alpha value is -1.56. The third kappa shape index (κ3) is 3.26. The maximum Gasteiger partial charge on any atom is 0.268 e. The van der Waals surface area contributed by atoms with E-state index in [4.69, 9.17) is 0 Å². The summed E-state index contributed by atoms with van der Waals surface area (Å²) in [4.78, 5) is 12.2. The maximum atomic E-state index is 12.2. The first-order chi connectivity index (χ1) is 9.11. The van der Waals surface area contributed by atoms with Gasteiger partial charge in [-0.3, -0.25) is 9.48 Å². The van der Waals surface area contributed by atoms with Gasteiger partial charge < -0.3 is 9.88 Å². The van der Waals surface area contributed by atoms with Crippen molar-refractivity contribution in [3.63, 3.8) is 0 Å². The van der Waals surface area contributed by atoms with E-state index >= 15 is 0 Å². The first kappa shape index (κ1) is 13.9. The zero-order valence-corrected chi connectivity index (χ0v) is 12.6. The van der Waals surface area contributed by atoms with Crippen LogP contribution in [-0.4, -0.2) is 20.3 Å². The molecule has 0 radical (unpaired) electrons. The predicted octanol–water partition coefficient (Wildman–Crippen LogP) is 2.32. The minimum Gasteiger partial charge on any atom is -0.345 e. The Labute approximate surface area is 120 Å². The number of rotatable bonds is 5. The molecule has 0 fully saturated rings. The van der Waals surface area contributed by atoms with Crippen LogP contribution in [0.15, 0.2) is 29.0 Å². The zero-order chi connectivity index (χ0) is 13.8. The number of aryl methyl sites for hydroxylation is 2. The first-order valence-corrected chi connectivity index (χ1v) is 7.02. The number of carbonyl (C=O) groups is 1. The van der Waals surface area contributed by atoms with Gasteiger partial charge in [0.2, 0.25) is 0 Å². The topological polar surface area (TPSA) is 51.9 Å². The Morgan fingerprint density at radius 3 is 2.95 bits per heavy atom. The second-order valence-electron chi connectivity index (χ2n) is 4.37. The molecule has 102 valence electrons. The van der Waals surface area contributed by atoms with Crippen LogP contribution in [0.25, 0.3) is 0 Å². The van der Waals surface area contributed by atoms with E-state index in [1.165, 1.54) is 0 Å². The van der Waals surface area contributed by atoms with Gasteiger partial charge in [-0.15, -0.1) is 0 Å². The number of amides is 1. The average molecular weight is 325 g/mol. The molecule has 0 saturated heterocycles. The highest BCUT2D eigenvalue weighted by atomic mass is 79.9. The molecule has 0 aliphatic carbocycles. The molecule has 0 spiro atoms. The molecule has 0 aromatic carbocycles. The Morgan fingerprint density at radius 1 is 1.53 bits per heavy atom. The number of hydrogen-bond acceptors (Lipinski definition) is 2. The standard InChI is InChI=1S/C13H17BrN4O/c1-3-6-18-9-10(14)7-12(18)13(19)15-8-11-4-5-16-17(11)2/h4-5,7,9H,3,6,8H2,1-2H3,(H,15,19). The molecule has 1 N–H and O–H groups in total. The maximum absolute atomic E-state index is 12.2. The quantitative estimate of drug-likeness (QED) is 0.917. The van der Waals surface area contributed by atoms with Gasteiger partial charge in [0, 0.05) is 30.5 Å². The van der Waals surface area contributed by atoms with Crippen LogP contribution in [0.1, 0.15) is 29.5 Å². The summed E-state index contributed by atoms with van der Waals surface area (Å²) < 4.78 is 4.64. The van der Waals surface area contributed by atoms with Crippen molar-refractivity contribution in [1.29, 1.82) is 0 Å². The van der Waals surface area contributed by atoms with Crippen LogP contribution in [0.3, 0.4) is 0 Å². The van der Waals surface area contributed by atoms with Gasteiger partial charge in [0.1, 0.15) is 5.69 Å². The summed E-state index contributed by atoms with van der Waals surface area (Å²) >= 11 is 3.41. The van der Waals surface area contributed by atoms with Crippen molar-refractivity contribution >= 4 is 21.8 Å². The van der Waals surface area contributed by atoms with Gasteiger partial charge in [-0.05, 0) is 34.5 Å². The van der Waals surface area contributed by atoms with Crippen LogP contribution < -0.4 is 5.32 Å². The fourth-order valence-corrected chi connectivity index (χ4v) is 2.39. The van der Waals surface area contributed by atoms with Gasteiger partial charge in [-0.1, -0.05) is 6.92 Å². The van der Waals surface area contributed by atoms with Gasteiger partial charge >= 0.3 is 0 Å². The smallest absolute Gasteiger partial charge is 0.268 e. The summed E-state index contributed by atoms with van der Waals surface area (Å²) in [6.07, 6.45) is 4.64. The Kier molecular flexibility index (Phi) is 4.42. The highest BCUT2D eigenvalue weighted by Crippen LogP contribution is 2.15. The molecule has 0 aliphatic rings. The molecule has 0 bridgehead atoms. The molecule has 0 unspecified atom stereocenters. The molecule has 2 aromatic heterocycles. The SMILES string of the molecule is CCCn1cc(Br)cc1C(=O)NCc1ccnn1C. The monoisotopic (exact) mass is 324 g/mol. The minimum atomic E-state index is -0.0691. The molecular weight excluding hydrogens is 308 g/mol. The molecule has 1 amide bonds. The highest BCUT2D eigenvalue weighted by molar-refractivity contribution is 9.10. The summed E-state index contributed by atoms with van der Waals surface area (Å²) in [7, 11) is 1.86. The van der Waals surface area contributed by atoms with Gasteiger partial charge in [0.25, 0.3) is 5.91 Å². The third-order valence-corrected chi connectivity index (χ3v) is 3.35. The molecule has 5 nitrogen and oxygen atoms in total. The zero-order valence-electron chi connectivity index (χ0n) is 11.1. The lowest BCUT2D eigenvalue weighted by Crippen LogP contribution is -2.26. The molecule has 6 heteroatoms. The number of halogens is 1. The molecule has 2 heterocycles. The minimum absolute atomic E-state index is 0.0691. The van der Waals surface area contributed by atoms with E-state index in [2.05, 4.69) is 33.3 Å². The number of nitrogens with zero attached hydrogens (tertiary/aromatic N) is 3. The number of nitrogens with one attached hydrogen (secondary N) is 1. The second-order valence-corrected chi connectivity index (χ2v) is 5.28. The highest BCUT2D eigenvalue weighted by Gasteiger charge is 2.12. The molecule has 2 rings (SSSR count). The third-order valence-electron chi connectivity index (χ3n) is 2.91. The molecule has 0 saturated carbocycles. The van der Waals surface area contributed by atoms with Gasteiger partial charge in [0.05, 0.1) is 12.2 Å². The van der Waals surface area contributed by atoms with E-state index < -0.39 is 0 Å². The molecule has 2 aromatic rings. The predicted molar refractivity (Wildman–Crippen MR) is 76.8 cm³/mol. The van der Waals surface area contributed by atoms with E-state index in [9.17, 15) is 4.79 Å². The molecule has 0 atom stereocenters. The summed E-state index contributed by atoms with van der Waals surface area (Å²) in [5.74, 6) is -0.0691. The molecular formula is C13H17BrN4O. The van der Waals surface area contributed by atoms with E-state index in [0.717, 1.165) is 23.1 Å². The lowest BCUT2D eigenvalue weighted by molar-refractivity contribution is 0.0940. The van der Waals surface area contributed by atoms with Crippen molar-refractivity contribution < 1.29 is 4.79 Å². The lowest BCUT2D eigenvalue weighted by Gasteiger charge is -2.08. The van der Waals surface area contributed by atoms with Crippen molar-refractivity contribution in [3.05, 3.63) is 40.4 Å². The van der Waals surface area contributed by atoms with E-state index in [0.29, 0.717) is 12.2 Å². The largest absolute Gasteiger partial charge is 0.345 e. The van der Waals surface area contributed by atoms with Gasteiger partial charge in [-0.2, -0.15) is 5.10 Å². The normalized spacial score (nSPS) is 10.7. The molecule has 0 aliphatic heterocycles. The second kappa shape index (κ2) is 6.06. The average Bonchev–Trinajstić information content (AvgIpc) is 2.93. The van der Waals surface area contributed by atoms with Crippen molar-refractivity contribution in [2.75, 3.05) is 0 Å². The number of hydrogen-bond donors (Lipinski definition) is 1. The van der Waals surface area contributed by atoms with Crippen molar-refractivity contribution in [3.8, 4) is 0 Å². The van der Waals surface area contributed by atoms with Crippen LogP contribution in [0.2, 0.25) is 0 Å². The van der Waals surface area contributed by atoms with Crippen molar-refractivity contribution in [2.24, 2.45) is 7.05 Å². The number of carbonyl (C=O) groups excluding carboxylic acids is 1. The van der Waals surface area contributed by atoms with E-state index in [1.54, 1.807) is 10.9 Å².